The Bertz CT molecular complexity index is 1020. The van der Waals surface area contributed by atoms with Crippen molar-refractivity contribution in [3.63, 3.8) is 0 Å². The lowest BCUT2D eigenvalue weighted by molar-refractivity contribution is -0.117. The first-order chi connectivity index (χ1) is 14.0. The van der Waals surface area contributed by atoms with Crippen molar-refractivity contribution in [1.82, 2.24) is 14.9 Å². The number of carbonyl (C=O) groups is 2. The number of nitrogens with zero attached hydrogens (tertiary/aromatic N) is 2. The van der Waals surface area contributed by atoms with Crippen LogP contribution in [0.3, 0.4) is 0 Å². The number of halogens is 1. The number of aryl methyl sites for hydroxylation is 1. The summed E-state index contributed by atoms with van der Waals surface area (Å²) < 4.78 is 15.2. The smallest absolute Gasteiger partial charge is 0.252 e. The van der Waals surface area contributed by atoms with Crippen molar-refractivity contribution in [1.29, 1.82) is 0 Å². The highest BCUT2D eigenvalue weighted by molar-refractivity contribution is 5.97. The zero-order valence-corrected chi connectivity index (χ0v) is 15.9. The molecule has 6 nitrogen and oxygen atoms in total. The van der Waals surface area contributed by atoms with Crippen molar-refractivity contribution < 1.29 is 14.0 Å². The van der Waals surface area contributed by atoms with E-state index in [0.717, 1.165) is 18.4 Å². The number of hydrogen-bond donors (Lipinski definition) is 2. The molecule has 1 unspecified atom stereocenters. The number of nitrogens with one attached hydrogen (secondary N) is 2. The van der Waals surface area contributed by atoms with Crippen LogP contribution < -0.4 is 10.6 Å². The normalized spacial score (nSPS) is 14.3. The zero-order chi connectivity index (χ0) is 20.4. The van der Waals surface area contributed by atoms with Crippen LogP contribution in [0.1, 0.15) is 40.6 Å². The molecule has 1 fully saturated rings. The lowest BCUT2D eigenvalue weighted by Gasteiger charge is -2.19. The first-order valence-electron chi connectivity index (χ1n) is 9.46. The summed E-state index contributed by atoms with van der Waals surface area (Å²) in [6, 6.07) is 12.2. The fourth-order valence-corrected chi connectivity index (χ4v) is 3.12. The molecule has 2 amide bonds. The molecule has 1 atom stereocenters. The molecule has 4 rings (SSSR count). The topological polar surface area (TPSA) is 76.0 Å². The van der Waals surface area contributed by atoms with Crippen LogP contribution in [0.15, 0.2) is 60.9 Å². The fraction of sp³-hybridized carbons (Fsp3) is 0.227. The number of carbonyl (C=O) groups excluding carboxylic acids is 2. The second kappa shape index (κ2) is 7.87. The van der Waals surface area contributed by atoms with E-state index >= 15 is 0 Å². The van der Waals surface area contributed by atoms with Gasteiger partial charge in [-0.3, -0.25) is 9.59 Å². The van der Waals surface area contributed by atoms with Gasteiger partial charge in [0.15, 0.2) is 0 Å². The van der Waals surface area contributed by atoms with E-state index in [0.29, 0.717) is 17.1 Å². The van der Waals surface area contributed by atoms with Crippen LogP contribution in [0.2, 0.25) is 0 Å². The Hall–Kier alpha value is -3.48. The predicted molar refractivity (Wildman–Crippen MR) is 107 cm³/mol. The Morgan fingerprint density at radius 2 is 1.79 bits per heavy atom. The van der Waals surface area contributed by atoms with Crippen molar-refractivity contribution in [2.75, 3.05) is 5.32 Å². The third kappa shape index (κ3) is 4.34. The molecule has 3 aromatic rings. The number of anilines is 1. The predicted octanol–water partition coefficient (Wildman–Crippen LogP) is 3.43. The zero-order valence-electron chi connectivity index (χ0n) is 15.9. The molecule has 1 aliphatic carbocycles. The van der Waals surface area contributed by atoms with E-state index in [1.165, 1.54) is 12.1 Å². The van der Waals surface area contributed by atoms with Crippen LogP contribution in [0.5, 0.6) is 0 Å². The van der Waals surface area contributed by atoms with Gasteiger partial charge in [-0.25, -0.2) is 9.37 Å². The van der Waals surface area contributed by atoms with E-state index in [2.05, 4.69) is 15.6 Å². The van der Waals surface area contributed by atoms with Gasteiger partial charge in [0.1, 0.15) is 17.7 Å². The molecule has 148 valence electrons. The van der Waals surface area contributed by atoms with Crippen molar-refractivity contribution in [3.8, 4) is 0 Å². The summed E-state index contributed by atoms with van der Waals surface area (Å²) in [7, 11) is 1.84. The van der Waals surface area contributed by atoms with Crippen LogP contribution in [0.25, 0.3) is 0 Å². The Labute approximate surface area is 167 Å². The SMILES string of the molecule is Cn1ccnc1C(NC(=O)c1ccc(NC(=O)C2CC2)cc1)c1ccc(F)cc1. The minimum atomic E-state index is -0.530. The van der Waals surface area contributed by atoms with Gasteiger partial charge in [-0.05, 0) is 54.8 Å². The molecule has 0 saturated heterocycles. The van der Waals surface area contributed by atoms with Gasteiger partial charge in [-0.2, -0.15) is 0 Å². The monoisotopic (exact) mass is 392 g/mol. The first-order valence-corrected chi connectivity index (χ1v) is 9.46. The average Bonchev–Trinajstić information content (AvgIpc) is 3.49. The minimum absolute atomic E-state index is 0.0216. The average molecular weight is 392 g/mol. The van der Waals surface area contributed by atoms with Crippen LogP contribution in [0, 0.1) is 11.7 Å². The van der Waals surface area contributed by atoms with Crippen LogP contribution in [-0.4, -0.2) is 21.4 Å². The highest BCUT2D eigenvalue weighted by Crippen LogP contribution is 2.30. The van der Waals surface area contributed by atoms with E-state index in [9.17, 15) is 14.0 Å². The second-order valence-corrected chi connectivity index (χ2v) is 7.20. The van der Waals surface area contributed by atoms with Gasteiger partial charge >= 0.3 is 0 Å². The number of hydrogen-bond acceptors (Lipinski definition) is 3. The molecule has 0 bridgehead atoms. The van der Waals surface area contributed by atoms with E-state index in [1.807, 2.05) is 11.6 Å². The highest BCUT2D eigenvalue weighted by atomic mass is 19.1. The Morgan fingerprint density at radius 1 is 1.10 bits per heavy atom. The molecule has 7 heteroatoms. The third-order valence-electron chi connectivity index (χ3n) is 4.96. The van der Waals surface area contributed by atoms with Crippen molar-refractivity contribution in [3.05, 3.63) is 83.7 Å². The molecule has 1 aromatic heterocycles. The standard InChI is InChI=1S/C22H21FN4O2/c1-27-13-12-24-20(27)19(14-4-8-17(23)9-5-14)26-22(29)16-6-10-18(11-7-16)25-21(28)15-2-3-15/h4-13,15,19H,2-3H2,1H3,(H,25,28)(H,26,29). The van der Waals surface area contributed by atoms with Gasteiger partial charge < -0.3 is 15.2 Å². The maximum Gasteiger partial charge on any atom is 0.252 e. The summed E-state index contributed by atoms with van der Waals surface area (Å²) in [5.41, 5.74) is 1.84. The van der Waals surface area contributed by atoms with Gasteiger partial charge in [0, 0.05) is 36.6 Å². The molecular weight excluding hydrogens is 371 g/mol. The van der Waals surface area contributed by atoms with Crippen LogP contribution in [0.4, 0.5) is 10.1 Å². The van der Waals surface area contributed by atoms with Crippen LogP contribution >= 0.6 is 0 Å². The van der Waals surface area contributed by atoms with Gasteiger partial charge in [-0.1, -0.05) is 12.1 Å². The maximum absolute atomic E-state index is 13.3. The number of aromatic nitrogens is 2. The number of rotatable bonds is 6. The molecule has 0 radical (unpaired) electrons. The summed E-state index contributed by atoms with van der Waals surface area (Å²) in [4.78, 5) is 29.0. The van der Waals surface area contributed by atoms with Gasteiger partial charge in [0.05, 0.1) is 0 Å². The van der Waals surface area contributed by atoms with Crippen molar-refractivity contribution >= 4 is 17.5 Å². The summed E-state index contributed by atoms with van der Waals surface area (Å²) >= 11 is 0. The Morgan fingerprint density at radius 3 is 2.38 bits per heavy atom. The molecule has 1 aliphatic rings. The molecule has 0 spiro atoms. The second-order valence-electron chi connectivity index (χ2n) is 7.20. The molecule has 1 heterocycles. The summed E-state index contributed by atoms with van der Waals surface area (Å²) in [6.07, 6.45) is 5.30. The van der Waals surface area contributed by atoms with Crippen molar-refractivity contribution in [2.45, 2.75) is 18.9 Å². The lowest BCUT2D eigenvalue weighted by Crippen LogP contribution is -2.31. The van der Waals surface area contributed by atoms with E-state index in [4.69, 9.17) is 0 Å². The minimum Gasteiger partial charge on any atom is -0.338 e. The van der Waals surface area contributed by atoms with E-state index in [1.54, 1.807) is 48.8 Å². The Balaban J connectivity index is 1.52. The summed E-state index contributed by atoms with van der Waals surface area (Å²) in [5, 5.41) is 5.82. The fourth-order valence-electron chi connectivity index (χ4n) is 3.12. The van der Waals surface area contributed by atoms with E-state index in [-0.39, 0.29) is 23.5 Å². The largest absolute Gasteiger partial charge is 0.338 e. The van der Waals surface area contributed by atoms with Gasteiger partial charge in [0.25, 0.3) is 5.91 Å². The number of amides is 2. The van der Waals surface area contributed by atoms with Crippen molar-refractivity contribution in [2.24, 2.45) is 13.0 Å². The molecule has 2 N–H and O–H groups in total. The molecule has 1 saturated carbocycles. The quantitative estimate of drug-likeness (QED) is 0.675. The molecular formula is C22H21FN4O2. The van der Waals surface area contributed by atoms with Gasteiger partial charge in [-0.15, -0.1) is 0 Å². The molecule has 29 heavy (non-hydrogen) atoms. The maximum atomic E-state index is 13.3. The highest BCUT2D eigenvalue weighted by Gasteiger charge is 2.29. The lowest BCUT2D eigenvalue weighted by atomic mass is 10.0. The third-order valence-corrected chi connectivity index (χ3v) is 4.96. The Kier molecular flexibility index (Phi) is 5.12. The number of benzene rings is 2. The summed E-state index contributed by atoms with van der Waals surface area (Å²) in [5.74, 6) is 0.142. The molecule has 2 aromatic carbocycles. The first kappa shape index (κ1) is 18.9. The number of imidazole rings is 1. The summed E-state index contributed by atoms with van der Waals surface area (Å²) in [6.45, 7) is 0. The molecule has 0 aliphatic heterocycles. The van der Waals surface area contributed by atoms with Crippen LogP contribution in [-0.2, 0) is 11.8 Å². The van der Waals surface area contributed by atoms with E-state index < -0.39 is 6.04 Å². The van der Waals surface area contributed by atoms with Gasteiger partial charge in [0.2, 0.25) is 5.91 Å².